The topological polar surface area (TPSA) is 98.2 Å². The first kappa shape index (κ1) is 16.4. The number of hydrogen-bond donors (Lipinski definition) is 2. The fourth-order valence-corrected chi connectivity index (χ4v) is 4.03. The number of aliphatic carboxylic acids is 1. The van der Waals surface area contributed by atoms with E-state index in [4.69, 9.17) is 10.2 Å². The minimum absolute atomic E-state index is 0.0544. The monoisotopic (exact) mass is 294 g/mol. The van der Waals surface area contributed by atoms with Crippen LogP contribution in [0.3, 0.4) is 0 Å². The Morgan fingerprint density at radius 1 is 1.37 bits per heavy atom. The molecule has 0 aromatic carbocycles. The summed E-state index contributed by atoms with van der Waals surface area (Å²) in [4.78, 5) is 10.8. The molecular formula is C11H22N2O5S. The van der Waals surface area contributed by atoms with Gasteiger partial charge in [-0.1, -0.05) is 0 Å². The van der Waals surface area contributed by atoms with Crippen LogP contribution in [0.25, 0.3) is 0 Å². The molecule has 8 heteroatoms. The van der Waals surface area contributed by atoms with Gasteiger partial charge in [-0.2, -0.15) is 17.0 Å². The average Bonchev–Trinajstić information content (AvgIpc) is 2.35. The van der Waals surface area contributed by atoms with Gasteiger partial charge in [0, 0.05) is 25.7 Å². The van der Waals surface area contributed by atoms with Crippen LogP contribution in [0.2, 0.25) is 0 Å². The predicted molar refractivity (Wildman–Crippen MR) is 69.8 cm³/mol. The van der Waals surface area contributed by atoms with Gasteiger partial charge >= 0.3 is 5.97 Å². The fourth-order valence-electron chi connectivity index (χ4n) is 2.22. The Hall–Kier alpha value is -0.700. The molecule has 1 heterocycles. The number of nitrogens with zero attached hydrogens (tertiary/aromatic N) is 2. The highest BCUT2D eigenvalue weighted by molar-refractivity contribution is 7.86. The lowest BCUT2D eigenvalue weighted by atomic mass is 9.99. The van der Waals surface area contributed by atoms with Crippen molar-refractivity contribution in [3.8, 4) is 0 Å². The highest BCUT2D eigenvalue weighted by Crippen LogP contribution is 2.22. The van der Waals surface area contributed by atoms with E-state index in [1.807, 2.05) is 0 Å². The van der Waals surface area contributed by atoms with Crippen molar-refractivity contribution in [1.82, 2.24) is 8.61 Å². The van der Waals surface area contributed by atoms with Gasteiger partial charge in [-0.15, -0.1) is 0 Å². The zero-order valence-electron chi connectivity index (χ0n) is 11.3. The van der Waals surface area contributed by atoms with Crippen molar-refractivity contribution in [2.45, 2.75) is 32.7 Å². The largest absolute Gasteiger partial charge is 0.481 e. The summed E-state index contributed by atoms with van der Waals surface area (Å²) in [6, 6.07) is -0.241. The summed E-state index contributed by atoms with van der Waals surface area (Å²) >= 11 is 0. The van der Waals surface area contributed by atoms with Crippen molar-refractivity contribution in [3.63, 3.8) is 0 Å². The highest BCUT2D eigenvalue weighted by atomic mass is 32.2. The molecule has 0 bridgehead atoms. The molecule has 1 rings (SSSR count). The molecule has 0 saturated carbocycles. The fraction of sp³-hybridized carbons (Fsp3) is 0.909. The number of carboxylic acid groups (broad SMARTS) is 1. The summed E-state index contributed by atoms with van der Waals surface area (Å²) in [6.45, 7) is 3.75. The normalized spacial score (nSPS) is 19.2. The van der Waals surface area contributed by atoms with Crippen LogP contribution in [-0.2, 0) is 15.0 Å². The molecule has 0 aromatic rings. The Morgan fingerprint density at radius 2 is 1.89 bits per heavy atom. The van der Waals surface area contributed by atoms with Crippen molar-refractivity contribution in [2.75, 3.05) is 26.2 Å². The van der Waals surface area contributed by atoms with Crippen LogP contribution in [0.1, 0.15) is 26.7 Å². The third kappa shape index (κ3) is 3.88. The third-order valence-corrected chi connectivity index (χ3v) is 5.54. The maximum Gasteiger partial charge on any atom is 0.306 e. The first-order chi connectivity index (χ1) is 8.80. The maximum atomic E-state index is 12.4. The Morgan fingerprint density at radius 3 is 2.26 bits per heavy atom. The molecule has 2 N–H and O–H groups in total. The number of rotatable bonds is 6. The number of piperidine rings is 1. The quantitative estimate of drug-likeness (QED) is 0.703. The van der Waals surface area contributed by atoms with E-state index in [9.17, 15) is 13.2 Å². The van der Waals surface area contributed by atoms with E-state index in [-0.39, 0.29) is 32.3 Å². The molecule has 1 saturated heterocycles. The van der Waals surface area contributed by atoms with Gasteiger partial charge in [-0.25, -0.2) is 0 Å². The molecule has 0 spiro atoms. The molecule has 0 radical (unpaired) electrons. The summed E-state index contributed by atoms with van der Waals surface area (Å²) in [5, 5.41) is 17.9. The van der Waals surface area contributed by atoms with Gasteiger partial charge in [0.25, 0.3) is 10.2 Å². The lowest BCUT2D eigenvalue weighted by molar-refractivity contribution is -0.142. The molecule has 1 fully saturated rings. The summed E-state index contributed by atoms with van der Waals surface area (Å²) in [5.41, 5.74) is 0. The van der Waals surface area contributed by atoms with Gasteiger partial charge in [0.1, 0.15) is 0 Å². The SMILES string of the molecule is CC(C)N(CCO)S(=O)(=O)N1CCC(C(=O)O)CC1. The van der Waals surface area contributed by atoms with Gasteiger partial charge in [0.2, 0.25) is 0 Å². The molecule has 0 atom stereocenters. The highest BCUT2D eigenvalue weighted by Gasteiger charge is 2.35. The van der Waals surface area contributed by atoms with E-state index in [1.165, 1.54) is 8.61 Å². The minimum Gasteiger partial charge on any atom is -0.481 e. The molecule has 1 aliphatic heterocycles. The standard InChI is InChI=1S/C11H22N2O5S/c1-9(2)13(7-8-14)19(17,18)12-5-3-10(4-6-12)11(15)16/h9-10,14H,3-8H2,1-2H3,(H,15,16). The van der Waals surface area contributed by atoms with Crippen LogP contribution >= 0.6 is 0 Å². The lowest BCUT2D eigenvalue weighted by Gasteiger charge is -2.35. The van der Waals surface area contributed by atoms with Crippen molar-refractivity contribution < 1.29 is 23.4 Å². The third-order valence-electron chi connectivity index (χ3n) is 3.32. The van der Waals surface area contributed by atoms with E-state index in [1.54, 1.807) is 13.8 Å². The Labute approximate surface area is 114 Å². The molecule has 19 heavy (non-hydrogen) atoms. The smallest absolute Gasteiger partial charge is 0.306 e. The van der Waals surface area contributed by atoms with E-state index < -0.39 is 22.1 Å². The number of aliphatic hydroxyl groups excluding tert-OH is 1. The zero-order valence-corrected chi connectivity index (χ0v) is 12.1. The Balaban J connectivity index is 2.76. The molecule has 7 nitrogen and oxygen atoms in total. The van der Waals surface area contributed by atoms with Gasteiger partial charge in [-0.05, 0) is 26.7 Å². The Bertz CT molecular complexity index is 401. The van der Waals surface area contributed by atoms with Gasteiger partial charge in [0.05, 0.1) is 12.5 Å². The zero-order chi connectivity index (χ0) is 14.6. The van der Waals surface area contributed by atoms with Gasteiger partial charge in [0.15, 0.2) is 0 Å². The minimum atomic E-state index is -3.62. The van der Waals surface area contributed by atoms with Crippen molar-refractivity contribution >= 4 is 16.2 Å². The molecule has 1 aliphatic rings. The second kappa shape index (κ2) is 6.65. The summed E-state index contributed by atoms with van der Waals surface area (Å²) in [6.07, 6.45) is 0.666. The number of aliphatic hydroxyl groups is 1. The van der Waals surface area contributed by atoms with Crippen LogP contribution in [0, 0.1) is 5.92 Å². The first-order valence-corrected chi connectivity index (χ1v) is 7.81. The Kier molecular flexibility index (Phi) is 5.72. The maximum absolute atomic E-state index is 12.4. The summed E-state index contributed by atoms with van der Waals surface area (Å²) in [7, 11) is -3.62. The van der Waals surface area contributed by atoms with Crippen molar-refractivity contribution in [2.24, 2.45) is 5.92 Å². The number of carboxylic acids is 1. The number of hydrogen-bond acceptors (Lipinski definition) is 4. The predicted octanol–water partition coefficient (Wildman–Crippen LogP) is -0.269. The van der Waals surface area contributed by atoms with E-state index in [0.29, 0.717) is 12.8 Å². The molecular weight excluding hydrogens is 272 g/mol. The summed E-state index contributed by atoms with van der Waals surface area (Å²) in [5.74, 6) is -1.33. The van der Waals surface area contributed by atoms with Gasteiger partial charge in [-0.3, -0.25) is 4.79 Å². The second-order valence-electron chi connectivity index (χ2n) is 4.95. The average molecular weight is 294 g/mol. The molecule has 0 aliphatic carbocycles. The van der Waals surface area contributed by atoms with E-state index in [0.717, 1.165) is 0 Å². The second-order valence-corrected chi connectivity index (χ2v) is 6.83. The first-order valence-electron chi connectivity index (χ1n) is 6.41. The van der Waals surface area contributed by atoms with Crippen LogP contribution in [0.5, 0.6) is 0 Å². The van der Waals surface area contributed by atoms with Crippen LogP contribution in [0.4, 0.5) is 0 Å². The molecule has 0 amide bonds. The van der Waals surface area contributed by atoms with E-state index in [2.05, 4.69) is 0 Å². The lowest BCUT2D eigenvalue weighted by Crippen LogP contribution is -2.50. The summed E-state index contributed by atoms with van der Waals surface area (Å²) < 4.78 is 27.3. The van der Waals surface area contributed by atoms with E-state index >= 15 is 0 Å². The molecule has 112 valence electrons. The number of carbonyl (C=O) groups is 1. The van der Waals surface area contributed by atoms with Crippen LogP contribution in [-0.4, -0.2) is 65.5 Å². The van der Waals surface area contributed by atoms with Crippen LogP contribution < -0.4 is 0 Å². The van der Waals surface area contributed by atoms with Gasteiger partial charge < -0.3 is 10.2 Å². The molecule has 0 aromatic heterocycles. The van der Waals surface area contributed by atoms with Crippen molar-refractivity contribution in [1.29, 1.82) is 0 Å². The van der Waals surface area contributed by atoms with Crippen LogP contribution in [0.15, 0.2) is 0 Å². The molecule has 0 unspecified atom stereocenters. The van der Waals surface area contributed by atoms with Crippen molar-refractivity contribution in [3.05, 3.63) is 0 Å².